The largest absolute Gasteiger partial charge is 0.459 e. The molecule has 33 heavy (non-hydrogen) atoms. The van der Waals surface area contributed by atoms with E-state index in [1.54, 1.807) is 34.1 Å². The van der Waals surface area contributed by atoms with Crippen LogP contribution in [0, 0.1) is 5.92 Å². The zero-order valence-electron chi connectivity index (χ0n) is 17.8. The molecule has 3 amide bonds. The predicted molar refractivity (Wildman–Crippen MR) is 119 cm³/mol. The quantitative estimate of drug-likeness (QED) is 0.598. The van der Waals surface area contributed by atoms with Crippen molar-refractivity contribution >= 4 is 40.8 Å². The van der Waals surface area contributed by atoms with Crippen LogP contribution in [-0.4, -0.2) is 82.8 Å². The number of thiocarbonyl (C=S) groups is 1. The molecule has 1 aromatic heterocycles. The molecule has 1 atom stereocenters. The standard InChI is InChI=1S/C22H22N4O6S/c27-19(24-6-8-25(9-7-24)21(29)16-3-2-10-30-16)4-1-5-26-20(28)14-11-17-18(32-13-31-17)12-15(14)23-22(26)33/h2-3,10-12,14H,1,4-9,13H2. The normalized spacial score (nSPS) is 22.0. The van der Waals surface area contributed by atoms with Crippen LogP contribution in [-0.2, 0) is 19.1 Å². The van der Waals surface area contributed by atoms with E-state index in [0.717, 1.165) is 0 Å². The number of hydrogen-bond donors (Lipinski definition) is 0. The summed E-state index contributed by atoms with van der Waals surface area (Å²) in [7, 11) is 0. The number of allylic oxidation sites excluding steroid dienone is 1. The molecule has 0 radical (unpaired) electrons. The Bertz CT molecular complexity index is 1080. The van der Waals surface area contributed by atoms with Crippen LogP contribution in [0.25, 0.3) is 0 Å². The van der Waals surface area contributed by atoms with Gasteiger partial charge < -0.3 is 23.7 Å². The highest BCUT2D eigenvalue weighted by Crippen LogP contribution is 2.31. The molecule has 4 aliphatic rings. The van der Waals surface area contributed by atoms with E-state index in [1.165, 1.54) is 11.2 Å². The number of nitrogens with zero attached hydrogens (tertiary/aromatic N) is 4. The van der Waals surface area contributed by atoms with Crippen LogP contribution < -0.4 is 0 Å². The van der Waals surface area contributed by atoms with Crippen LogP contribution >= 0.6 is 12.2 Å². The second-order valence-corrected chi connectivity index (χ2v) is 8.35. The number of piperazine rings is 1. The first-order chi connectivity index (χ1) is 16.0. The van der Waals surface area contributed by atoms with Gasteiger partial charge in [0.25, 0.3) is 5.91 Å². The van der Waals surface area contributed by atoms with Crippen molar-refractivity contribution in [2.24, 2.45) is 10.9 Å². The maximum Gasteiger partial charge on any atom is 0.289 e. The number of furan rings is 1. The van der Waals surface area contributed by atoms with Crippen molar-refractivity contribution in [1.29, 1.82) is 0 Å². The summed E-state index contributed by atoms with van der Waals surface area (Å²) < 4.78 is 15.9. The van der Waals surface area contributed by atoms with Gasteiger partial charge in [0.2, 0.25) is 23.7 Å². The molecule has 2 saturated heterocycles. The lowest BCUT2D eigenvalue weighted by Crippen LogP contribution is -2.50. The second-order valence-electron chi connectivity index (χ2n) is 7.99. The van der Waals surface area contributed by atoms with Crippen molar-refractivity contribution in [3.05, 3.63) is 47.8 Å². The Morgan fingerprint density at radius 3 is 2.64 bits per heavy atom. The second kappa shape index (κ2) is 8.81. The maximum atomic E-state index is 13.0. The average Bonchev–Trinajstić information content (AvgIpc) is 3.51. The lowest BCUT2D eigenvalue weighted by molar-refractivity contribution is -0.133. The lowest BCUT2D eigenvalue weighted by atomic mass is 9.94. The van der Waals surface area contributed by atoms with E-state index in [9.17, 15) is 14.4 Å². The highest BCUT2D eigenvalue weighted by atomic mass is 32.1. The fraction of sp³-hybridized carbons (Fsp3) is 0.409. The molecule has 0 N–H and O–H groups in total. The van der Waals surface area contributed by atoms with Crippen LogP contribution in [0.1, 0.15) is 23.4 Å². The summed E-state index contributed by atoms with van der Waals surface area (Å²) in [6.07, 6.45) is 5.60. The Morgan fingerprint density at radius 2 is 1.88 bits per heavy atom. The van der Waals surface area contributed by atoms with Crippen molar-refractivity contribution in [3.63, 3.8) is 0 Å². The van der Waals surface area contributed by atoms with Crippen LogP contribution in [0.4, 0.5) is 0 Å². The van der Waals surface area contributed by atoms with Crippen molar-refractivity contribution in [2.75, 3.05) is 39.5 Å². The monoisotopic (exact) mass is 470 g/mol. The van der Waals surface area contributed by atoms with E-state index in [-0.39, 0.29) is 36.0 Å². The van der Waals surface area contributed by atoms with Gasteiger partial charge in [-0.3, -0.25) is 19.3 Å². The molecule has 0 spiro atoms. The zero-order chi connectivity index (χ0) is 22.9. The van der Waals surface area contributed by atoms with E-state index in [4.69, 9.17) is 26.1 Å². The van der Waals surface area contributed by atoms with Gasteiger partial charge in [0.15, 0.2) is 17.3 Å². The Kier molecular flexibility index (Phi) is 5.71. The third-order valence-corrected chi connectivity index (χ3v) is 6.31. The molecular weight excluding hydrogens is 448 g/mol. The van der Waals surface area contributed by atoms with Crippen molar-refractivity contribution in [2.45, 2.75) is 12.8 Å². The van der Waals surface area contributed by atoms with Gasteiger partial charge >= 0.3 is 0 Å². The number of fused-ring (bicyclic) bond motifs is 2. The zero-order valence-corrected chi connectivity index (χ0v) is 18.6. The van der Waals surface area contributed by atoms with Gasteiger partial charge in [-0.15, -0.1) is 0 Å². The molecule has 1 aliphatic carbocycles. The van der Waals surface area contributed by atoms with Gasteiger partial charge in [0, 0.05) is 45.2 Å². The van der Waals surface area contributed by atoms with Crippen LogP contribution in [0.5, 0.6) is 0 Å². The number of ether oxygens (including phenoxy) is 2. The van der Waals surface area contributed by atoms with Crippen LogP contribution in [0.15, 0.2) is 51.5 Å². The van der Waals surface area contributed by atoms with Gasteiger partial charge in [0.1, 0.15) is 5.92 Å². The van der Waals surface area contributed by atoms with E-state index < -0.39 is 5.92 Å². The fourth-order valence-corrected chi connectivity index (χ4v) is 4.49. The van der Waals surface area contributed by atoms with Gasteiger partial charge in [-0.05, 0) is 36.8 Å². The minimum Gasteiger partial charge on any atom is -0.459 e. The van der Waals surface area contributed by atoms with Crippen LogP contribution in [0.3, 0.4) is 0 Å². The average molecular weight is 471 g/mol. The summed E-state index contributed by atoms with van der Waals surface area (Å²) in [5, 5.41) is 0.191. The first-order valence-corrected chi connectivity index (χ1v) is 11.2. The number of amides is 3. The molecule has 4 heterocycles. The minimum atomic E-state index is -0.562. The number of rotatable bonds is 5. The van der Waals surface area contributed by atoms with E-state index in [2.05, 4.69) is 4.99 Å². The SMILES string of the molecule is O=C(CCCN1C(=O)C2C=C3OCOC3=CC2=NC1=S)N1CCN(C(=O)c2ccco2)CC1. The predicted octanol–water partition coefficient (Wildman–Crippen LogP) is 1.31. The smallest absolute Gasteiger partial charge is 0.289 e. The summed E-state index contributed by atoms with van der Waals surface area (Å²) >= 11 is 5.32. The molecule has 10 nitrogen and oxygen atoms in total. The Hall–Kier alpha value is -3.47. The summed E-state index contributed by atoms with van der Waals surface area (Å²) in [6, 6.07) is 3.31. The number of aliphatic imine (C=N–C) groups is 1. The molecule has 5 rings (SSSR count). The highest BCUT2D eigenvalue weighted by Gasteiger charge is 2.38. The molecule has 3 aliphatic heterocycles. The van der Waals surface area contributed by atoms with Crippen molar-refractivity contribution < 1.29 is 28.3 Å². The number of carbonyl (C=O) groups excluding carboxylic acids is 3. The summed E-state index contributed by atoms with van der Waals surface area (Å²) in [5.41, 5.74) is 0.545. The molecule has 0 saturated carbocycles. The third kappa shape index (κ3) is 4.15. The molecule has 1 unspecified atom stereocenters. The number of carbonyl (C=O) groups is 3. The molecule has 2 fully saturated rings. The summed E-state index contributed by atoms with van der Waals surface area (Å²) in [5.74, 6) is 0.482. The lowest BCUT2D eigenvalue weighted by Gasteiger charge is -2.34. The third-order valence-electron chi connectivity index (χ3n) is 6.00. The maximum absolute atomic E-state index is 13.0. The van der Waals surface area contributed by atoms with Gasteiger partial charge in [-0.2, -0.15) is 0 Å². The number of hydrogen-bond acceptors (Lipinski definition) is 7. The van der Waals surface area contributed by atoms with Gasteiger partial charge in [-0.1, -0.05) is 0 Å². The molecule has 172 valence electrons. The van der Waals surface area contributed by atoms with Gasteiger partial charge in [-0.25, -0.2) is 4.99 Å². The van der Waals surface area contributed by atoms with Crippen LogP contribution in [0.2, 0.25) is 0 Å². The fourth-order valence-electron chi connectivity index (χ4n) is 4.20. The Balaban J connectivity index is 1.11. The first-order valence-electron chi connectivity index (χ1n) is 10.8. The van der Waals surface area contributed by atoms with E-state index in [1.807, 2.05) is 0 Å². The van der Waals surface area contributed by atoms with Crippen molar-refractivity contribution in [1.82, 2.24) is 14.7 Å². The topological polar surface area (TPSA) is 105 Å². The molecule has 11 heteroatoms. The Labute approximate surface area is 195 Å². The molecule has 1 aromatic rings. The molecule has 0 bridgehead atoms. The Morgan fingerprint density at radius 1 is 1.12 bits per heavy atom. The molecule has 0 aromatic carbocycles. The van der Waals surface area contributed by atoms with Gasteiger partial charge in [0.05, 0.1) is 12.0 Å². The highest BCUT2D eigenvalue weighted by molar-refractivity contribution is 7.80. The summed E-state index contributed by atoms with van der Waals surface area (Å²) in [6.45, 7) is 2.26. The van der Waals surface area contributed by atoms with E-state index >= 15 is 0 Å². The minimum absolute atomic E-state index is 0.0106. The van der Waals surface area contributed by atoms with E-state index in [0.29, 0.717) is 62.1 Å². The summed E-state index contributed by atoms with van der Waals surface area (Å²) in [4.78, 5) is 47.2. The molecular formula is C22H22N4O6S. The van der Waals surface area contributed by atoms with Crippen molar-refractivity contribution in [3.8, 4) is 0 Å². The first kappa shape index (κ1) is 21.4.